The fraction of sp³-hybridized carbons (Fsp3) is 0.267. The van der Waals surface area contributed by atoms with E-state index >= 15 is 0 Å². The topological polar surface area (TPSA) is 63.5 Å². The monoisotopic (exact) mass is 328 g/mol. The highest BCUT2D eigenvalue weighted by molar-refractivity contribution is 5.89. The Kier molecular flexibility index (Phi) is 5.28. The molecule has 5 nitrogen and oxygen atoms in total. The van der Waals surface area contributed by atoms with Crippen LogP contribution in [0.15, 0.2) is 47.1 Å². The zero-order chi connectivity index (χ0) is 16.9. The van der Waals surface area contributed by atoms with Gasteiger partial charge in [0, 0.05) is 12.8 Å². The van der Waals surface area contributed by atoms with E-state index in [1.165, 1.54) is 25.5 Å². The molecule has 23 heavy (non-hydrogen) atoms. The Morgan fingerprint density at radius 1 is 1.26 bits per heavy atom. The van der Waals surface area contributed by atoms with Crippen molar-refractivity contribution < 1.29 is 27.1 Å². The smallest absolute Gasteiger partial charge is 0.416 e. The van der Waals surface area contributed by atoms with Crippen molar-refractivity contribution in [3.63, 3.8) is 0 Å². The first-order valence-electron chi connectivity index (χ1n) is 6.68. The summed E-state index contributed by atoms with van der Waals surface area (Å²) >= 11 is 0. The van der Waals surface area contributed by atoms with Crippen molar-refractivity contribution in [2.45, 2.75) is 12.3 Å². The lowest BCUT2D eigenvalue weighted by Gasteiger charge is -2.14. The van der Waals surface area contributed by atoms with Crippen molar-refractivity contribution in [3.05, 3.63) is 54.0 Å². The highest BCUT2D eigenvalue weighted by Gasteiger charge is 2.30. The Morgan fingerprint density at radius 3 is 2.48 bits per heavy atom. The number of anilines is 1. The maximum Gasteiger partial charge on any atom is 0.416 e. The molecule has 1 aromatic carbocycles. The van der Waals surface area contributed by atoms with Gasteiger partial charge in [0.25, 0.3) is 0 Å². The van der Waals surface area contributed by atoms with Crippen LogP contribution in [0, 0.1) is 0 Å². The Bertz CT molecular complexity index is 624. The molecule has 2 rings (SSSR count). The van der Waals surface area contributed by atoms with Gasteiger partial charge in [0.2, 0.25) is 0 Å². The molecule has 1 heterocycles. The van der Waals surface area contributed by atoms with Crippen molar-refractivity contribution in [1.82, 2.24) is 5.32 Å². The molecular formula is C15H15F3N2O3. The van der Waals surface area contributed by atoms with Gasteiger partial charge in [-0.3, -0.25) is 0 Å². The third-order valence-corrected chi connectivity index (χ3v) is 3.06. The summed E-state index contributed by atoms with van der Waals surface area (Å²) in [5.41, 5.74) is -0.525. The summed E-state index contributed by atoms with van der Waals surface area (Å²) in [6.45, 7) is 0.149. The largest absolute Gasteiger partial charge is 0.467 e. The number of furan rings is 1. The van der Waals surface area contributed by atoms with Gasteiger partial charge in [-0.25, -0.2) is 4.79 Å². The molecule has 0 aliphatic carbocycles. The number of benzene rings is 1. The molecule has 1 aromatic heterocycles. The van der Waals surface area contributed by atoms with Crippen LogP contribution in [0.2, 0.25) is 0 Å². The van der Waals surface area contributed by atoms with E-state index in [1.54, 1.807) is 12.1 Å². The minimum Gasteiger partial charge on any atom is -0.467 e. The van der Waals surface area contributed by atoms with Gasteiger partial charge in [-0.2, -0.15) is 13.2 Å². The van der Waals surface area contributed by atoms with Crippen LogP contribution in [0.25, 0.3) is 0 Å². The minimum atomic E-state index is -4.41. The molecule has 0 fully saturated rings. The molecule has 0 aliphatic rings. The quantitative estimate of drug-likeness (QED) is 0.877. The van der Waals surface area contributed by atoms with E-state index in [0.29, 0.717) is 5.76 Å². The first kappa shape index (κ1) is 16.9. The standard InChI is InChI=1S/C15H15F3N2O3/c1-22-13(12-3-2-8-23-12)9-19-14(21)20-11-6-4-10(5-7-11)15(16,17)18/h2-8,13H,9H2,1H3,(H2,19,20,21). The number of hydrogen-bond donors (Lipinski definition) is 2. The lowest BCUT2D eigenvalue weighted by Crippen LogP contribution is -2.32. The van der Waals surface area contributed by atoms with Gasteiger partial charge in [0.05, 0.1) is 18.4 Å². The zero-order valence-electron chi connectivity index (χ0n) is 12.2. The van der Waals surface area contributed by atoms with Gasteiger partial charge in [-0.1, -0.05) is 0 Å². The lowest BCUT2D eigenvalue weighted by molar-refractivity contribution is -0.137. The number of amides is 2. The predicted octanol–water partition coefficient (Wildman–Crippen LogP) is 3.81. The number of urea groups is 1. The van der Waals surface area contributed by atoms with Crippen LogP contribution in [-0.2, 0) is 10.9 Å². The number of ether oxygens (including phenoxy) is 1. The van der Waals surface area contributed by atoms with Crippen molar-refractivity contribution in [2.75, 3.05) is 19.0 Å². The van der Waals surface area contributed by atoms with E-state index in [2.05, 4.69) is 10.6 Å². The second-order valence-corrected chi connectivity index (χ2v) is 4.65. The van der Waals surface area contributed by atoms with E-state index in [0.717, 1.165) is 12.1 Å². The average molecular weight is 328 g/mol. The summed E-state index contributed by atoms with van der Waals surface area (Å²) in [6.07, 6.45) is -3.37. The molecular weight excluding hydrogens is 313 g/mol. The highest BCUT2D eigenvalue weighted by Crippen LogP contribution is 2.29. The number of carbonyl (C=O) groups is 1. The van der Waals surface area contributed by atoms with Crippen LogP contribution < -0.4 is 10.6 Å². The summed E-state index contributed by atoms with van der Waals surface area (Å²) in [5, 5.41) is 5.00. The Hall–Kier alpha value is -2.48. The summed E-state index contributed by atoms with van der Waals surface area (Å²) in [4.78, 5) is 11.8. The molecule has 2 aromatic rings. The molecule has 0 saturated heterocycles. The van der Waals surface area contributed by atoms with Crippen molar-refractivity contribution in [1.29, 1.82) is 0 Å². The van der Waals surface area contributed by atoms with Crippen molar-refractivity contribution in [2.24, 2.45) is 0 Å². The van der Waals surface area contributed by atoms with Gasteiger partial charge >= 0.3 is 12.2 Å². The van der Waals surface area contributed by atoms with E-state index in [1.807, 2.05) is 0 Å². The van der Waals surface area contributed by atoms with Crippen LogP contribution >= 0.6 is 0 Å². The molecule has 0 radical (unpaired) electrons. The SMILES string of the molecule is COC(CNC(=O)Nc1ccc(C(F)(F)F)cc1)c1ccco1. The number of nitrogens with one attached hydrogen (secondary N) is 2. The number of carbonyl (C=O) groups excluding carboxylic acids is 1. The number of hydrogen-bond acceptors (Lipinski definition) is 3. The maximum atomic E-state index is 12.4. The molecule has 0 saturated carbocycles. The van der Waals surface area contributed by atoms with E-state index in [-0.39, 0.29) is 12.2 Å². The molecule has 1 unspecified atom stereocenters. The van der Waals surface area contributed by atoms with E-state index in [9.17, 15) is 18.0 Å². The third kappa shape index (κ3) is 4.75. The van der Waals surface area contributed by atoms with Gasteiger partial charge in [0.1, 0.15) is 11.9 Å². The Balaban J connectivity index is 1.87. The van der Waals surface area contributed by atoms with Gasteiger partial charge < -0.3 is 19.8 Å². The zero-order valence-corrected chi connectivity index (χ0v) is 12.2. The molecule has 124 valence electrons. The normalized spacial score (nSPS) is 12.7. The van der Waals surface area contributed by atoms with Gasteiger partial charge in [0.15, 0.2) is 0 Å². The number of alkyl halides is 3. The lowest BCUT2D eigenvalue weighted by atomic mass is 10.2. The van der Waals surface area contributed by atoms with Crippen LogP contribution in [0.5, 0.6) is 0 Å². The molecule has 2 amide bonds. The van der Waals surface area contributed by atoms with Crippen LogP contribution in [0.1, 0.15) is 17.4 Å². The highest BCUT2D eigenvalue weighted by atomic mass is 19.4. The minimum absolute atomic E-state index is 0.149. The molecule has 0 bridgehead atoms. The number of methoxy groups -OCH3 is 1. The summed E-state index contributed by atoms with van der Waals surface area (Å²) in [7, 11) is 1.47. The summed E-state index contributed by atoms with van der Waals surface area (Å²) in [5.74, 6) is 0.558. The van der Waals surface area contributed by atoms with E-state index in [4.69, 9.17) is 9.15 Å². The number of halogens is 3. The molecule has 1 atom stereocenters. The molecule has 2 N–H and O–H groups in total. The molecule has 8 heteroatoms. The summed E-state index contributed by atoms with van der Waals surface area (Å²) < 4.78 is 47.7. The van der Waals surface area contributed by atoms with Crippen LogP contribution in [0.4, 0.5) is 23.7 Å². The molecule has 0 spiro atoms. The third-order valence-electron chi connectivity index (χ3n) is 3.06. The number of rotatable bonds is 5. The van der Waals surface area contributed by atoms with E-state index < -0.39 is 23.9 Å². The van der Waals surface area contributed by atoms with Crippen molar-refractivity contribution in [3.8, 4) is 0 Å². The second kappa shape index (κ2) is 7.19. The molecule has 0 aliphatic heterocycles. The second-order valence-electron chi connectivity index (χ2n) is 4.65. The van der Waals surface area contributed by atoms with Crippen LogP contribution in [-0.4, -0.2) is 19.7 Å². The Morgan fingerprint density at radius 2 is 1.96 bits per heavy atom. The first-order valence-corrected chi connectivity index (χ1v) is 6.68. The van der Waals surface area contributed by atoms with Crippen LogP contribution in [0.3, 0.4) is 0 Å². The summed E-state index contributed by atoms with van der Waals surface area (Å²) in [6, 6.07) is 7.02. The van der Waals surface area contributed by atoms with Gasteiger partial charge in [-0.15, -0.1) is 0 Å². The fourth-order valence-corrected chi connectivity index (χ4v) is 1.88. The van der Waals surface area contributed by atoms with Gasteiger partial charge in [-0.05, 0) is 36.4 Å². The average Bonchev–Trinajstić information content (AvgIpc) is 3.02. The Labute approximate surface area is 130 Å². The fourth-order valence-electron chi connectivity index (χ4n) is 1.88. The predicted molar refractivity (Wildman–Crippen MR) is 76.9 cm³/mol. The first-order chi connectivity index (χ1) is 10.9. The maximum absolute atomic E-state index is 12.4. The van der Waals surface area contributed by atoms with Crippen molar-refractivity contribution >= 4 is 11.7 Å².